The third kappa shape index (κ3) is 2.21. The van der Waals surface area contributed by atoms with Crippen LogP contribution >= 0.6 is 0 Å². The molecule has 0 aromatic carbocycles. The van der Waals surface area contributed by atoms with Crippen LogP contribution in [0.4, 0.5) is 5.82 Å². The normalized spacial score (nSPS) is 25.6. The Bertz CT molecular complexity index is 369. The topological polar surface area (TPSA) is 81.2 Å². The number of aliphatic hydroxyl groups excluding tert-OH is 1. The van der Waals surface area contributed by atoms with Crippen molar-refractivity contribution in [2.24, 2.45) is 5.92 Å². The van der Waals surface area contributed by atoms with Crippen molar-refractivity contribution in [1.82, 2.24) is 9.55 Å². The van der Waals surface area contributed by atoms with Crippen molar-refractivity contribution < 1.29 is 10.0 Å². The van der Waals surface area contributed by atoms with E-state index in [1.165, 1.54) is 12.5 Å². The molecule has 1 fully saturated rings. The van der Waals surface area contributed by atoms with E-state index in [0.717, 1.165) is 25.7 Å². The highest BCUT2D eigenvalue weighted by Gasteiger charge is 2.23. The lowest BCUT2D eigenvalue weighted by Crippen LogP contribution is -2.19. The Hall–Kier alpha value is -1.43. The SMILES string of the molecule is O=[N+]([O-])c1cn(C2CCC(CO)CC2)cn1. The fourth-order valence-electron chi connectivity index (χ4n) is 2.25. The minimum atomic E-state index is -0.476. The quantitative estimate of drug-likeness (QED) is 0.624. The molecule has 0 unspecified atom stereocenters. The molecule has 1 heterocycles. The van der Waals surface area contributed by atoms with E-state index >= 15 is 0 Å². The molecule has 0 amide bonds. The van der Waals surface area contributed by atoms with Gasteiger partial charge in [0.2, 0.25) is 6.33 Å². The average molecular weight is 225 g/mol. The zero-order valence-electron chi connectivity index (χ0n) is 8.95. The molecule has 1 aromatic rings. The first-order chi connectivity index (χ1) is 7.70. The smallest absolute Gasteiger partial charge is 0.381 e. The minimum Gasteiger partial charge on any atom is -0.396 e. The zero-order chi connectivity index (χ0) is 11.5. The molecule has 16 heavy (non-hydrogen) atoms. The fraction of sp³-hybridized carbons (Fsp3) is 0.700. The van der Waals surface area contributed by atoms with Crippen molar-refractivity contribution in [3.8, 4) is 0 Å². The number of aliphatic hydroxyl groups is 1. The Kier molecular flexibility index (Phi) is 3.19. The molecule has 6 heteroatoms. The van der Waals surface area contributed by atoms with Crippen LogP contribution in [0.3, 0.4) is 0 Å². The van der Waals surface area contributed by atoms with E-state index in [-0.39, 0.29) is 12.4 Å². The maximum absolute atomic E-state index is 10.5. The maximum atomic E-state index is 10.5. The third-order valence-electron chi connectivity index (χ3n) is 3.27. The van der Waals surface area contributed by atoms with Gasteiger partial charge in [0.25, 0.3) is 0 Å². The molecule has 88 valence electrons. The van der Waals surface area contributed by atoms with Crippen LogP contribution in [0.5, 0.6) is 0 Å². The predicted molar refractivity (Wildman–Crippen MR) is 57.0 cm³/mol. The lowest BCUT2D eigenvalue weighted by atomic mass is 9.86. The number of aromatic nitrogens is 2. The lowest BCUT2D eigenvalue weighted by Gasteiger charge is -2.27. The molecular weight excluding hydrogens is 210 g/mol. The number of hydrogen-bond donors (Lipinski definition) is 1. The summed E-state index contributed by atoms with van der Waals surface area (Å²) in [7, 11) is 0. The summed E-state index contributed by atoms with van der Waals surface area (Å²) in [5.41, 5.74) is 0. The molecular formula is C10H15N3O3. The summed E-state index contributed by atoms with van der Waals surface area (Å²) in [4.78, 5) is 13.8. The van der Waals surface area contributed by atoms with Crippen LogP contribution in [-0.4, -0.2) is 26.2 Å². The van der Waals surface area contributed by atoms with Crippen molar-refractivity contribution >= 4 is 5.82 Å². The van der Waals surface area contributed by atoms with Gasteiger partial charge in [0.15, 0.2) is 0 Å². The number of nitro groups is 1. The molecule has 2 rings (SSSR count). The van der Waals surface area contributed by atoms with Crippen LogP contribution in [0.25, 0.3) is 0 Å². The Morgan fingerprint density at radius 3 is 2.69 bits per heavy atom. The summed E-state index contributed by atoms with van der Waals surface area (Å²) in [6.07, 6.45) is 6.89. The van der Waals surface area contributed by atoms with Crippen LogP contribution in [0.15, 0.2) is 12.5 Å². The summed E-state index contributed by atoms with van der Waals surface area (Å²) in [6, 6.07) is 0.295. The molecule has 1 aliphatic carbocycles. The van der Waals surface area contributed by atoms with E-state index in [2.05, 4.69) is 4.98 Å². The Balaban J connectivity index is 2.00. The summed E-state index contributed by atoms with van der Waals surface area (Å²) < 4.78 is 1.83. The van der Waals surface area contributed by atoms with Gasteiger partial charge in [0.05, 0.1) is 0 Å². The maximum Gasteiger partial charge on any atom is 0.381 e. The highest BCUT2D eigenvalue weighted by atomic mass is 16.6. The molecule has 0 spiro atoms. The van der Waals surface area contributed by atoms with Gasteiger partial charge in [-0.05, 0) is 41.5 Å². The number of imidazole rings is 1. The molecule has 0 bridgehead atoms. The number of rotatable bonds is 3. The second-order valence-electron chi connectivity index (χ2n) is 4.29. The molecule has 1 aromatic heterocycles. The average Bonchev–Trinajstić information content (AvgIpc) is 2.78. The Labute approximate surface area is 93.1 Å². The molecule has 0 atom stereocenters. The molecule has 0 aliphatic heterocycles. The van der Waals surface area contributed by atoms with Gasteiger partial charge in [-0.1, -0.05) is 0 Å². The van der Waals surface area contributed by atoms with Gasteiger partial charge < -0.3 is 19.8 Å². The van der Waals surface area contributed by atoms with E-state index in [4.69, 9.17) is 5.11 Å². The second kappa shape index (κ2) is 4.61. The van der Waals surface area contributed by atoms with E-state index in [9.17, 15) is 10.1 Å². The van der Waals surface area contributed by atoms with Crippen molar-refractivity contribution in [1.29, 1.82) is 0 Å². The molecule has 0 saturated heterocycles. The standard InChI is InChI=1S/C10H15N3O3/c14-6-8-1-3-9(4-2-8)12-5-10(11-7-12)13(15)16/h5,7-9,14H,1-4,6H2. The first kappa shape index (κ1) is 11.1. The number of nitrogens with zero attached hydrogens (tertiary/aromatic N) is 3. The van der Waals surface area contributed by atoms with Crippen LogP contribution in [-0.2, 0) is 0 Å². The third-order valence-corrected chi connectivity index (χ3v) is 3.27. The summed E-state index contributed by atoms with van der Waals surface area (Å²) in [5.74, 6) is 0.305. The predicted octanol–water partition coefficient (Wildman–Crippen LogP) is 1.51. The van der Waals surface area contributed by atoms with Gasteiger partial charge in [0.1, 0.15) is 6.20 Å². The molecule has 6 nitrogen and oxygen atoms in total. The van der Waals surface area contributed by atoms with Gasteiger partial charge in [-0.25, -0.2) is 0 Å². The van der Waals surface area contributed by atoms with Gasteiger partial charge in [-0.3, -0.25) is 0 Å². The molecule has 1 N–H and O–H groups in total. The van der Waals surface area contributed by atoms with Gasteiger partial charge in [-0.15, -0.1) is 0 Å². The fourth-order valence-corrected chi connectivity index (χ4v) is 2.25. The van der Waals surface area contributed by atoms with Crippen LogP contribution in [0, 0.1) is 16.0 Å². The first-order valence-electron chi connectivity index (χ1n) is 5.49. The van der Waals surface area contributed by atoms with Gasteiger partial charge in [-0.2, -0.15) is 0 Å². The van der Waals surface area contributed by atoms with Crippen molar-refractivity contribution in [3.63, 3.8) is 0 Å². The molecule has 1 saturated carbocycles. The van der Waals surface area contributed by atoms with E-state index in [0.29, 0.717) is 12.0 Å². The summed E-state index contributed by atoms with van der Waals surface area (Å²) in [5, 5.41) is 19.5. The molecule has 1 aliphatic rings. The zero-order valence-corrected chi connectivity index (χ0v) is 8.95. The van der Waals surface area contributed by atoms with Crippen LogP contribution in [0.1, 0.15) is 31.7 Å². The minimum absolute atomic E-state index is 0.0933. The van der Waals surface area contributed by atoms with Gasteiger partial charge >= 0.3 is 5.82 Å². The van der Waals surface area contributed by atoms with E-state index in [1.54, 1.807) is 0 Å². The first-order valence-corrected chi connectivity index (χ1v) is 5.49. The molecule has 0 radical (unpaired) electrons. The summed E-state index contributed by atoms with van der Waals surface area (Å²) >= 11 is 0. The van der Waals surface area contributed by atoms with Crippen molar-refractivity contribution in [3.05, 3.63) is 22.6 Å². The van der Waals surface area contributed by atoms with Crippen molar-refractivity contribution in [2.45, 2.75) is 31.7 Å². The van der Waals surface area contributed by atoms with E-state index in [1.807, 2.05) is 4.57 Å². The lowest BCUT2D eigenvalue weighted by molar-refractivity contribution is -0.389. The highest BCUT2D eigenvalue weighted by Crippen LogP contribution is 2.32. The highest BCUT2D eigenvalue weighted by molar-refractivity contribution is 5.13. The Morgan fingerprint density at radius 2 is 2.19 bits per heavy atom. The van der Waals surface area contributed by atoms with Crippen molar-refractivity contribution in [2.75, 3.05) is 6.61 Å². The number of hydrogen-bond acceptors (Lipinski definition) is 4. The van der Waals surface area contributed by atoms with Crippen LogP contribution < -0.4 is 0 Å². The largest absolute Gasteiger partial charge is 0.396 e. The second-order valence-corrected chi connectivity index (χ2v) is 4.29. The summed E-state index contributed by atoms with van der Waals surface area (Å²) in [6.45, 7) is 0.247. The Morgan fingerprint density at radius 1 is 1.50 bits per heavy atom. The monoisotopic (exact) mass is 225 g/mol. The van der Waals surface area contributed by atoms with Crippen LogP contribution in [0.2, 0.25) is 0 Å². The van der Waals surface area contributed by atoms with E-state index < -0.39 is 4.92 Å². The van der Waals surface area contributed by atoms with Gasteiger partial charge in [0, 0.05) is 12.6 Å².